The summed E-state index contributed by atoms with van der Waals surface area (Å²) in [5.41, 5.74) is 3.12. The number of esters is 2. The van der Waals surface area contributed by atoms with Crippen LogP contribution in [0.1, 0.15) is 85.6 Å². The van der Waals surface area contributed by atoms with Crippen LogP contribution in [0.3, 0.4) is 0 Å². The fourth-order valence-electron chi connectivity index (χ4n) is 3.29. The Balaban J connectivity index is 2.58. The lowest BCUT2D eigenvalue weighted by Gasteiger charge is -2.18. The van der Waals surface area contributed by atoms with Crippen molar-refractivity contribution in [3.63, 3.8) is 0 Å². The van der Waals surface area contributed by atoms with E-state index in [-0.39, 0.29) is 0 Å². The van der Waals surface area contributed by atoms with Gasteiger partial charge >= 0.3 is 11.9 Å². The van der Waals surface area contributed by atoms with Crippen molar-refractivity contribution >= 4 is 11.9 Å². The van der Waals surface area contributed by atoms with E-state index in [2.05, 4.69) is 6.92 Å². The number of rotatable bonds is 12. The number of aryl methyl sites for hydroxylation is 1. The number of hydrogen-bond acceptors (Lipinski definition) is 4. The fourth-order valence-corrected chi connectivity index (χ4v) is 3.29. The summed E-state index contributed by atoms with van der Waals surface area (Å²) in [5.74, 6) is -0.891. The van der Waals surface area contributed by atoms with E-state index in [4.69, 9.17) is 9.47 Å². The first kappa shape index (κ1) is 23.7. The molecule has 0 saturated heterocycles. The number of carbonyl (C=O) groups is 2. The van der Waals surface area contributed by atoms with Gasteiger partial charge < -0.3 is 9.47 Å². The zero-order valence-corrected chi connectivity index (χ0v) is 18.5. The van der Waals surface area contributed by atoms with Crippen LogP contribution in [0.2, 0.25) is 0 Å². The van der Waals surface area contributed by atoms with Crippen molar-refractivity contribution in [1.29, 1.82) is 0 Å². The third kappa shape index (κ3) is 6.45. The Hall–Kier alpha value is -2.62. The number of hydrogen-bond donors (Lipinski definition) is 0. The average molecular weight is 411 g/mol. The molecule has 0 aromatic heterocycles. The van der Waals surface area contributed by atoms with Gasteiger partial charge in [-0.3, -0.25) is 0 Å². The summed E-state index contributed by atoms with van der Waals surface area (Å²) in [6.45, 7) is 6.89. The second-order valence-electron chi connectivity index (χ2n) is 7.47. The molecular formula is C26H34O4. The van der Waals surface area contributed by atoms with Gasteiger partial charge in [-0.1, -0.05) is 82.5 Å². The van der Waals surface area contributed by atoms with E-state index in [0.717, 1.165) is 56.1 Å². The maximum atomic E-state index is 13.2. The molecule has 0 aliphatic heterocycles. The molecule has 0 amide bonds. The van der Waals surface area contributed by atoms with Gasteiger partial charge in [0.05, 0.1) is 24.3 Å². The molecule has 0 radical (unpaired) electrons. The molecule has 4 nitrogen and oxygen atoms in total. The van der Waals surface area contributed by atoms with Gasteiger partial charge in [-0.25, -0.2) is 9.59 Å². The summed E-state index contributed by atoms with van der Waals surface area (Å²) >= 11 is 0. The van der Waals surface area contributed by atoms with Crippen LogP contribution in [0.25, 0.3) is 11.1 Å². The summed E-state index contributed by atoms with van der Waals surface area (Å²) in [6.07, 6.45) is 6.11. The quantitative estimate of drug-likeness (QED) is 0.292. The Bertz CT molecular complexity index is 811. The Kier molecular flexibility index (Phi) is 10.1. The Morgan fingerprint density at radius 2 is 1.27 bits per heavy atom. The molecule has 0 heterocycles. The summed E-state index contributed by atoms with van der Waals surface area (Å²) in [4.78, 5) is 26.3. The van der Waals surface area contributed by atoms with Crippen LogP contribution < -0.4 is 0 Å². The summed E-state index contributed by atoms with van der Waals surface area (Å²) in [5, 5.41) is 0. The van der Waals surface area contributed by atoms with E-state index in [9.17, 15) is 9.59 Å². The van der Waals surface area contributed by atoms with Gasteiger partial charge in [-0.05, 0) is 42.4 Å². The molecule has 2 rings (SSSR count). The number of carbonyl (C=O) groups excluding carboxylic acids is 2. The van der Waals surface area contributed by atoms with E-state index < -0.39 is 11.9 Å². The molecule has 0 spiro atoms. The average Bonchev–Trinajstić information content (AvgIpc) is 2.77. The van der Waals surface area contributed by atoms with Crippen molar-refractivity contribution in [1.82, 2.24) is 0 Å². The highest BCUT2D eigenvalue weighted by atomic mass is 16.5. The minimum atomic E-state index is -0.455. The molecule has 0 saturated carbocycles. The molecular weight excluding hydrogens is 376 g/mol. The SMILES string of the molecule is CCCCOC(=O)c1c(CCCC)ccc(-c2ccccc2)c1C(=O)OCCCC. The van der Waals surface area contributed by atoms with Gasteiger partial charge in [0.2, 0.25) is 0 Å². The van der Waals surface area contributed by atoms with Crippen LogP contribution in [0.15, 0.2) is 42.5 Å². The molecule has 2 aromatic carbocycles. The van der Waals surface area contributed by atoms with Crippen LogP contribution in [-0.2, 0) is 15.9 Å². The van der Waals surface area contributed by atoms with Crippen LogP contribution in [0, 0.1) is 0 Å². The maximum Gasteiger partial charge on any atom is 0.339 e. The molecule has 30 heavy (non-hydrogen) atoms. The largest absolute Gasteiger partial charge is 0.462 e. The first-order valence-corrected chi connectivity index (χ1v) is 11.2. The van der Waals surface area contributed by atoms with Crippen LogP contribution in [0.5, 0.6) is 0 Å². The molecule has 0 N–H and O–H groups in total. The van der Waals surface area contributed by atoms with Crippen molar-refractivity contribution in [3.05, 3.63) is 59.2 Å². The first-order valence-electron chi connectivity index (χ1n) is 11.2. The van der Waals surface area contributed by atoms with E-state index in [0.29, 0.717) is 29.9 Å². The Morgan fingerprint density at radius 3 is 1.83 bits per heavy atom. The van der Waals surface area contributed by atoms with E-state index in [1.54, 1.807) is 0 Å². The highest BCUT2D eigenvalue weighted by molar-refractivity contribution is 6.08. The van der Waals surface area contributed by atoms with Crippen molar-refractivity contribution in [2.24, 2.45) is 0 Å². The van der Waals surface area contributed by atoms with Crippen molar-refractivity contribution in [2.75, 3.05) is 13.2 Å². The van der Waals surface area contributed by atoms with Gasteiger partial charge in [0.25, 0.3) is 0 Å². The van der Waals surface area contributed by atoms with Crippen LogP contribution >= 0.6 is 0 Å². The molecule has 0 bridgehead atoms. The monoisotopic (exact) mass is 410 g/mol. The van der Waals surface area contributed by atoms with Crippen LogP contribution in [0.4, 0.5) is 0 Å². The first-order chi connectivity index (χ1) is 14.6. The molecule has 0 fully saturated rings. The molecule has 0 aliphatic carbocycles. The number of ether oxygens (including phenoxy) is 2. The fraction of sp³-hybridized carbons (Fsp3) is 0.462. The van der Waals surface area contributed by atoms with Crippen LogP contribution in [-0.4, -0.2) is 25.2 Å². The lowest BCUT2D eigenvalue weighted by atomic mass is 9.90. The van der Waals surface area contributed by atoms with Gasteiger partial charge in [0.15, 0.2) is 0 Å². The van der Waals surface area contributed by atoms with E-state index in [1.165, 1.54) is 0 Å². The van der Waals surface area contributed by atoms with Gasteiger partial charge in [0, 0.05) is 0 Å². The van der Waals surface area contributed by atoms with Crippen molar-refractivity contribution in [2.45, 2.75) is 65.7 Å². The molecule has 0 aliphatic rings. The van der Waals surface area contributed by atoms with Gasteiger partial charge in [-0.15, -0.1) is 0 Å². The Labute approximate surface area is 180 Å². The smallest absolute Gasteiger partial charge is 0.339 e. The predicted octanol–water partition coefficient (Wildman–Crippen LogP) is 6.61. The summed E-state index contributed by atoms with van der Waals surface area (Å²) in [6, 6.07) is 13.5. The van der Waals surface area contributed by atoms with Gasteiger partial charge in [-0.2, -0.15) is 0 Å². The standard InChI is InChI=1S/C26H34O4/c1-4-7-13-21-16-17-22(20-14-11-10-12-15-20)24(26(28)30-19-9-6-3)23(21)25(27)29-18-8-5-2/h10-12,14-17H,4-9,13,18-19H2,1-3H3. The molecule has 0 unspecified atom stereocenters. The molecule has 162 valence electrons. The topological polar surface area (TPSA) is 52.6 Å². The van der Waals surface area contributed by atoms with Crippen molar-refractivity contribution < 1.29 is 19.1 Å². The molecule has 2 aromatic rings. The third-order valence-corrected chi connectivity index (χ3v) is 5.05. The minimum absolute atomic E-state index is 0.326. The second-order valence-corrected chi connectivity index (χ2v) is 7.47. The van der Waals surface area contributed by atoms with E-state index >= 15 is 0 Å². The molecule has 0 atom stereocenters. The predicted molar refractivity (Wildman–Crippen MR) is 121 cm³/mol. The van der Waals surface area contributed by atoms with Crippen molar-refractivity contribution in [3.8, 4) is 11.1 Å². The highest BCUT2D eigenvalue weighted by Crippen LogP contribution is 2.31. The normalized spacial score (nSPS) is 10.6. The summed E-state index contributed by atoms with van der Waals surface area (Å²) in [7, 11) is 0. The Morgan fingerprint density at radius 1 is 0.700 bits per heavy atom. The summed E-state index contributed by atoms with van der Waals surface area (Å²) < 4.78 is 11.1. The van der Waals surface area contributed by atoms with E-state index in [1.807, 2.05) is 56.3 Å². The minimum Gasteiger partial charge on any atom is -0.462 e. The number of benzene rings is 2. The zero-order valence-electron chi connectivity index (χ0n) is 18.5. The third-order valence-electron chi connectivity index (χ3n) is 5.05. The molecule has 4 heteroatoms. The highest BCUT2D eigenvalue weighted by Gasteiger charge is 2.27. The maximum absolute atomic E-state index is 13.2. The zero-order chi connectivity index (χ0) is 21.8. The number of unbranched alkanes of at least 4 members (excludes halogenated alkanes) is 3. The lowest BCUT2D eigenvalue weighted by molar-refractivity contribution is 0.0452. The van der Waals surface area contributed by atoms with Gasteiger partial charge in [0.1, 0.15) is 0 Å². The second kappa shape index (κ2) is 12.8. The lowest BCUT2D eigenvalue weighted by Crippen LogP contribution is -2.19.